The summed E-state index contributed by atoms with van der Waals surface area (Å²) in [6.45, 7) is 1.97. The first-order chi connectivity index (χ1) is 12.0. The van der Waals surface area contributed by atoms with E-state index in [-0.39, 0.29) is 24.1 Å². The van der Waals surface area contributed by atoms with Gasteiger partial charge in [-0.05, 0) is 37.0 Å². The second-order valence-electron chi connectivity index (χ2n) is 6.63. The number of hydrogen-bond acceptors (Lipinski definition) is 3. The van der Waals surface area contributed by atoms with Gasteiger partial charge in [0.05, 0.1) is 5.69 Å². The lowest BCUT2D eigenvalue weighted by Crippen LogP contribution is -2.43. The normalized spacial score (nSPS) is 20.2. The molecule has 5 nitrogen and oxygen atoms in total. The molecule has 1 amide bonds. The first kappa shape index (κ1) is 17.3. The molecular formula is C19H22FN3O2. The summed E-state index contributed by atoms with van der Waals surface area (Å²) in [4.78, 5) is 24.3. The van der Waals surface area contributed by atoms with Gasteiger partial charge in [0.2, 0.25) is 5.91 Å². The Hall–Kier alpha value is -2.50. The molecule has 1 heterocycles. The lowest BCUT2D eigenvalue weighted by molar-refractivity contribution is -0.123. The number of carbonyl (C=O) groups excluding carboxylic acids is 1. The molecule has 1 aromatic heterocycles. The summed E-state index contributed by atoms with van der Waals surface area (Å²) < 4.78 is 15.0. The number of halogens is 1. The molecular weight excluding hydrogens is 321 g/mol. The summed E-state index contributed by atoms with van der Waals surface area (Å²) >= 11 is 0. The van der Waals surface area contributed by atoms with Crippen LogP contribution in [0.5, 0.6) is 0 Å². The van der Waals surface area contributed by atoms with Gasteiger partial charge in [0.25, 0.3) is 5.56 Å². The van der Waals surface area contributed by atoms with Crippen molar-refractivity contribution < 1.29 is 9.18 Å². The SMILES string of the molecule is CC1CCCCC1NC(=O)Cn1nc(-c2ccccc2F)ccc1=O. The molecule has 3 rings (SSSR count). The highest BCUT2D eigenvalue weighted by Crippen LogP contribution is 2.23. The molecule has 2 aromatic rings. The van der Waals surface area contributed by atoms with Crippen molar-refractivity contribution in [3.05, 3.63) is 52.6 Å². The van der Waals surface area contributed by atoms with E-state index in [0.717, 1.165) is 23.9 Å². The fourth-order valence-electron chi connectivity index (χ4n) is 3.29. The first-order valence-electron chi connectivity index (χ1n) is 8.67. The van der Waals surface area contributed by atoms with Gasteiger partial charge < -0.3 is 5.32 Å². The molecule has 0 bridgehead atoms. The highest BCUT2D eigenvalue weighted by atomic mass is 19.1. The van der Waals surface area contributed by atoms with Gasteiger partial charge in [0.1, 0.15) is 12.4 Å². The van der Waals surface area contributed by atoms with Crippen LogP contribution in [0, 0.1) is 11.7 Å². The molecule has 1 fully saturated rings. The van der Waals surface area contributed by atoms with Crippen LogP contribution in [0.1, 0.15) is 32.6 Å². The largest absolute Gasteiger partial charge is 0.351 e. The van der Waals surface area contributed by atoms with Gasteiger partial charge in [-0.25, -0.2) is 9.07 Å². The van der Waals surface area contributed by atoms with Crippen molar-refractivity contribution in [1.82, 2.24) is 15.1 Å². The van der Waals surface area contributed by atoms with Crippen LogP contribution in [-0.2, 0) is 11.3 Å². The third kappa shape index (κ3) is 4.13. The third-order valence-electron chi connectivity index (χ3n) is 4.77. The average molecular weight is 343 g/mol. The molecule has 0 saturated heterocycles. The van der Waals surface area contributed by atoms with E-state index in [1.165, 1.54) is 24.6 Å². The van der Waals surface area contributed by atoms with E-state index >= 15 is 0 Å². The monoisotopic (exact) mass is 343 g/mol. The Labute approximate surface area is 145 Å². The van der Waals surface area contributed by atoms with Gasteiger partial charge in [0, 0.05) is 17.7 Å². The molecule has 2 atom stereocenters. The van der Waals surface area contributed by atoms with Gasteiger partial charge in [-0.2, -0.15) is 5.10 Å². The van der Waals surface area contributed by atoms with E-state index in [1.807, 2.05) is 0 Å². The minimum atomic E-state index is -0.416. The average Bonchev–Trinajstić information content (AvgIpc) is 2.59. The van der Waals surface area contributed by atoms with Crippen LogP contribution >= 0.6 is 0 Å². The Morgan fingerprint density at radius 3 is 2.76 bits per heavy atom. The van der Waals surface area contributed by atoms with E-state index in [9.17, 15) is 14.0 Å². The number of aromatic nitrogens is 2. The van der Waals surface area contributed by atoms with Gasteiger partial charge in [-0.3, -0.25) is 9.59 Å². The Kier molecular flexibility index (Phi) is 5.26. The van der Waals surface area contributed by atoms with Gasteiger partial charge in [-0.15, -0.1) is 0 Å². The molecule has 0 aliphatic heterocycles. The smallest absolute Gasteiger partial charge is 0.267 e. The Bertz CT molecular complexity index is 818. The maximum atomic E-state index is 13.9. The van der Waals surface area contributed by atoms with Gasteiger partial charge in [0.15, 0.2) is 0 Å². The Morgan fingerprint density at radius 1 is 1.24 bits per heavy atom. The molecule has 25 heavy (non-hydrogen) atoms. The second-order valence-corrected chi connectivity index (χ2v) is 6.63. The van der Waals surface area contributed by atoms with E-state index in [1.54, 1.807) is 18.2 Å². The van der Waals surface area contributed by atoms with Crippen LogP contribution < -0.4 is 10.9 Å². The van der Waals surface area contributed by atoms with Crippen LogP contribution in [0.25, 0.3) is 11.3 Å². The summed E-state index contributed by atoms with van der Waals surface area (Å²) in [7, 11) is 0. The zero-order valence-corrected chi connectivity index (χ0v) is 14.2. The van der Waals surface area contributed by atoms with E-state index in [4.69, 9.17) is 0 Å². The molecule has 1 N–H and O–H groups in total. The molecule has 0 radical (unpaired) electrons. The molecule has 1 saturated carbocycles. The summed E-state index contributed by atoms with van der Waals surface area (Å²) in [5, 5.41) is 7.16. The minimum Gasteiger partial charge on any atom is -0.351 e. The topological polar surface area (TPSA) is 64.0 Å². The molecule has 1 aliphatic rings. The fraction of sp³-hybridized carbons (Fsp3) is 0.421. The van der Waals surface area contributed by atoms with Crippen molar-refractivity contribution in [3.63, 3.8) is 0 Å². The first-order valence-corrected chi connectivity index (χ1v) is 8.67. The van der Waals surface area contributed by atoms with Crippen molar-refractivity contribution in [2.24, 2.45) is 5.92 Å². The van der Waals surface area contributed by atoms with Crippen molar-refractivity contribution in [2.75, 3.05) is 0 Å². The molecule has 1 aliphatic carbocycles. The summed E-state index contributed by atoms with van der Waals surface area (Å²) in [5.41, 5.74) is 0.251. The van der Waals surface area contributed by atoms with Crippen molar-refractivity contribution in [3.8, 4) is 11.3 Å². The fourth-order valence-corrected chi connectivity index (χ4v) is 3.29. The maximum Gasteiger partial charge on any atom is 0.267 e. The highest BCUT2D eigenvalue weighted by Gasteiger charge is 2.23. The van der Waals surface area contributed by atoms with Gasteiger partial charge >= 0.3 is 0 Å². The summed E-state index contributed by atoms with van der Waals surface area (Å²) in [5.74, 6) is -0.216. The van der Waals surface area contributed by atoms with Crippen molar-refractivity contribution in [2.45, 2.75) is 45.2 Å². The van der Waals surface area contributed by atoms with Crippen molar-refractivity contribution >= 4 is 5.91 Å². The quantitative estimate of drug-likeness (QED) is 0.928. The second kappa shape index (κ2) is 7.59. The van der Waals surface area contributed by atoms with Crippen LogP contribution in [0.2, 0.25) is 0 Å². The number of rotatable bonds is 4. The van der Waals surface area contributed by atoms with E-state index < -0.39 is 5.82 Å². The number of nitrogens with zero attached hydrogens (tertiary/aromatic N) is 2. The molecule has 0 spiro atoms. The Balaban J connectivity index is 1.76. The minimum absolute atomic E-state index is 0.145. The molecule has 6 heteroatoms. The maximum absolute atomic E-state index is 13.9. The van der Waals surface area contributed by atoms with Crippen LogP contribution in [-0.4, -0.2) is 21.7 Å². The highest BCUT2D eigenvalue weighted by molar-refractivity contribution is 5.76. The number of benzene rings is 1. The Morgan fingerprint density at radius 2 is 2.00 bits per heavy atom. The van der Waals surface area contributed by atoms with Crippen molar-refractivity contribution in [1.29, 1.82) is 0 Å². The zero-order chi connectivity index (χ0) is 17.8. The zero-order valence-electron chi connectivity index (χ0n) is 14.2. The van der Waals surface area contributed by atoms with Gasteiger partial charge in [-0.1, -0.05) is 31.9 Å². The lowest BCUT2D eigenvalue weighted by Gasteiger charge is -2.29. The predicted octanol–water partition coefficient (Wildman–Crippen LogP) is 2.74. The van der Waals surface area contributed by atoms with E-state index in [2.05, 4.69) is 17.3 Å². The van der Waals surface area contributed by atoms with E-state index in [0.29, 0.717) is 17.2 Å². The van der Waals surface area contributed by atoms with Crippen LogP contribution in [0.4, 0.5) is 4.39 Å². The molecule has 2 unspecified atom stereocenters. The van der Waals surface area contributed by atoms with Crippen LogP contribution in [0.15, 0.2) is 41.2 Å². The number of carbonyl (C=O) groups is 1. The predicted molar refractivity (Wildman–Crippen MR) is 93.5 cm³/mol. The number of hydrogen-bond donors (Lipinski definition) is 1. The van der Waals surface area contributed by atoms with Crippen LogP contribution in [0.3, 0.4) is 0 Å². The lowest BCUT2D eigenvalue weighted by atomic mass is 9.86. The molecule has 132 valence electrons. The molecule has 1 aromatic carbocycles. The summed E-state index contributed by atoms with van der Waals surface area (Å²) in [6, 6.07) is 9.15. The summed E-state index contributed by atoms with van der Waals surface area (Å²) in [6.07, 6.45) is 4.37. The number of amides is 1. The number of nitrogens with one attached hydrogen (secondary N) is 1. The standard InChI is InChI=1S/C19H22FN3O2/c1-13-6-2-5-9-16(13)21-18(24)12-23-19(25)11-10-17(22-23)14-7-3-4-8-15(14)20/h3-4,7-8,10-11,13,16H,2,5-6,9,12H2,1H3,(H,21,24). The third-order valence-corrected chi connectivity index (χ3v) is 4.77.